The highest BCUT2D eigenvalue weighted by Crippen LogP contribution is 2.55. The van der Waals surface area contributed by atoms with E-state index in [4.69, 9.17) is 9.97 Å². The summed E-state index contributed by atoms with van der Waals surface area (Å²) in [7, 11) is 0. The Labute approximate surface area is 361 Å². The van der Waals surface area contributed by atoms with Gasteiger partial charge < -0.3 is 0 Å². The highest BCUT2D eigenvalue weighted by Gasteiger charge is 2.42. The maximum absolute atomic E-state index is 5.49. The third-order valence-electron chi connectivity index (χ3n) is 13.2. The zero-order chi connectivity index (χ0) is 41.2. The number of aromatic nitrogens is 2. The summed E-state index contributed by atoms with van der Waals surface area (Å²) in [4.78, 5) is 10.8. The van der Waals surface area contributed by atoms with E-state index in [1.165, 1.54) is 76.8 Å². The Hall–Kier alpha value is -7.94. The molecule has 0 aliphatic heterocycles. The molecule has 0 saturated heterocycles. The number of rotatable bonds is 6. The maximum atomic E-state index is 5.49. The van der Waals surface area contributed by atoms with Gasteiger partial charge in [-0.2, -0.15) is 0 Å². The van der Waals surface area contributed by atoms with Crippen LogP contribution in [0.4, 0.5) is 0 Å². The van der Waals surface area contributed by atoms with Crippen molar-refractivity contribution in [2.45, 2.75) is 12.3 Å². The van der Waals surface area contributed by atoms with Gasteiger partial charge in [0.1, 0.15) is 0 Å². The van der Waals surface area contributed by atoms with Crippen molar-refractivity contribution in [3.63, 3.8) is 0 Å². The molecule has 0 bridgehead atoms. The summed E-state index contributed by atoms with van der Waals surface area (Å²) in [5.41, 5.74) is 15.6. The van der Waals surface area contributed by atoms with Crippen LogP contribution in [-0.2, 0) is 5.41 Å². The van der Waals surface area contributed by atoms with E-state index in [1.807, 2.05) is 0 Å². The lowest BCUT2D eigenvalue weighted by Crippen LogP contribution is -2.23. The van der Waals surface area contributed by atoms with Crippen molar-refractivity contribution in [1.29, 1.82) is 0 Å². The predicted octanol–water partition coefficient (Wildman–Crippen LogP) is 15.6. The van der Waals surface area contributed by atoms with Gasteiger partial charge in [0.2, 0.25) is 0 Å². The van der Waals surface area contributed by atoms with Gasteiger partial charge in [0.15, 0.2) is 5.82 Å². The molecule has 2 nitrogen and oxygen atoms in total. The predicted molar refractivity (Wildman–Crippen MR) is 259 cm³/mol. The second kappa shape index (κ2) is 14.4. The Bertz CT molecular complexity index is 3500. The zero-order valence-electron chi connectivity index (χ0n) is 34.3. The minimum absolute atomic E-state index is 0.388. The van der Waals surface area contributed by atoms with Crippen LogP contribution in [0.3, 0.4) is 0 Å². The van der Waals surface area contributed by atoms with Crippen LogP contribution in [0, 0.1) is 0 Å². The molecular formula is C60H40N2. The van der Waals surface area contributed by atoms with E-state index < -0.39 is 0 Å². The van der Waals surface area contributed by atoms with Crippen molar-refractivity contribution >= 4 is 32.3 Å². The quantitative estimate of drug-likeness (QED) is 0.124. The summed E-state index contributed by atoms with van der Waals surface area (Å²) >= 11 is 0. The minimum atomic E-state index is -0.388. The van der Waals surface area contributed by atoms with Crippen molar-refractivity contribution < 1.29 is 0 Å². The fourth-order valence-electron chi connectivity index (χ4n) is 10.1. The summed E-state index contributed by atoms with van der Waals surface area (Å²) in [6.07, 6.45) is 0. The largest absolute Gasteiger partial charge is 0.228 e. The third kappa shape index (κ3) is 5.72. The summed E-state index contributed by atoms with van der Waals surface area (Å²) < 4.78 is 0. The first-order valence-electron chi connectivity index (χ1n) is 21.4. The first-order chi connectivity index (χ1) is 30.6. The molecule has 1 aliphatic rings. The monoisotopic (exact) mass is 788 g/mol. The van der Waals surface area contributed by atoms with Gasteiger partial charge >= 0.3 is 0 Å². The molecule has 0 amide bonds. The molecule has 12 rings (SSSR count). The second-order valence-electron chi connectivity index (χ2n) is 16.6. The van der Waals surface area contributed by atoms with Crippen LogP contribution in [0.25, 0.3) is 99.6 Å². The Kier molecular flexibility index (Phi) is 8.33. The molecule has 0 radical (unpaired) electrons. The maximum Gasteiger partial charge on any atom is 0.160 e. The van der Waals surface area contributed by atoms with Crippen molar-refractivity contribution in [3.05, 3.63) is 241 Å². The fraction of sp³-hybridized carbons (Fsp3) is 0.0333. The molecule has 1 aromatic heterocycles. The van der Waals surface area contributed by atoms with Crippen molar-refractivity contribution in [1.82, 2.24) is 9.97 Å². The number of nitrogens with zero attached hydrogens (tertiary/aromatic N) is 2. The molecule has 11 aromatic rings. The van der Waals surface area contributed by atoms with Gasteiger partial charge in [-0.25, -0.2) is 9.97 Å². The van der Waals surface area contributed by atoms with Crippen LogP contribution in [0.5, 0.6) is 0 Å². The van der Waals surface area contributed by atoms with E-state index in [1.54, 1.807) is 0 Å². The van der Waals surface area contributed by atoms with Gasteiger partial charge in [0.05, 0.1) is 11.4 Å². The molecule has 1 atom stereocenters. The SMILES string of the molecule is CC1(c2ccccc2)c2ccccc2-c2cccc(-c3cc(-c4ccc(-c5ccccc5)cc4)nc(-c4ccc(-c5c6ccccc6cc6c5ccc5ccccc56)cc4)n3)c21. The number of hydrogen-bond acceptors (Lipinski definition) is 2. The van der Waals surface area contributed by atoms with Crippen molar-refractivity contribution in [3.8, 4) is 67.3 Å². The van der Waals surface area contributed by atoms with Gasteiger partial charge in [0, 0.05) is 22.1 Å². The van der Waals surface area contributed by atoms with E-state index in [0.717, 1.165) is 33.6 Å². The second-order valence-corrected chi connectivity index (χ2v) is 16.6. The summed E-state index contributed by atoms with van der Waals surface area (Å²) in [6.45, 7) is 2.38. The van der Waals surface area contributed by atoms with Crippen molar-refractivity contribution in [2.75, 3.05) is 0 Å². The molecule has 62 heavy (non-hydrogen) atoms. The van der Waals surface area contributed by atoms with E-state index >= 15 is 0 Å². The Morgan fingerprint density at radius 1 is 0.339 bits per heavy atom. The lowest BCUT2D eigenvalue weighted by molar-refractivity contribution is 0.715. The van der Waals surface area contributed by atoms with Crippen molar-refractivity contribution in [2.24, 2.45) is 0 Å². The molecule has 0 saturated carbocycles. The molecule has 0 fully saturated rings. The topological polar surface area (TPSA) is 25.8 Å². The Morgan fingerprint density at radius 2 is 0.919 bits per heavy atom. The van der Waals surface area contributed by atoms with Gasteiger partial charge in [-0.3, -0.25) is 0 Å². The van der Waals surface area contributed by atoms with E-state index in [0.29, 0.717) is 5.82 Å². The van der Waals surface area contributed by atoms with E-state index in [-0.39, 0.29) is 5.41 Å². The average Bonchev–Trinajstić information content (AvgIpc) is 3.62. The van der Waals surface area contributed by atoms with Gasteiger partial charge in [-0.05, 0) is 101 Å². The van der Waals surface area contributed by atoms with Crippen LogP contribution >= 0.6 is 0 Å². The highest BCUT2D eigenvalue weighted by atomic mass is 14.9. The third-order valence-corrected chi connectivity index (χ3v) is 13.2. The number of hydrogen-bond donors (Lipinski definition) is 0. The minimum Gasteiger partial charge on any atom is -0.228 e. The number of fused-ring (bicyclic) bond motifs is 7. The standard InChI is InChI=1S/C60H40N2/c1-60(46-19-6-3-7-20-46)54-26-13-12-23-49(54)51-24-14-25-52(58(51)60)56-38-55(42-29-27-40(28-30-42)39-15-4-2-5-16-39)61-59(62-56)44-33-31-43(32-34-44)57-48-22-11-9-18-45(48)37-53-47-21-10-8-17-41(47)35-36-50(53)57/h2-38H,1H3. The Balaban J connectivity index is 1.04. The number of benzene rings is 10. The first-order valence-corrected chi connectivity index (χ1v) is 21.4. The molecular weight excluding hydrogens is 749 g/mol. The molecule has 0 spiro atoms. The van der Waals surface area contributed by atoms with Crippen LogP contribution in [0.2, 0.25) is 0 Å². The Morgan fingerprint density at radius 3 is 1.73 bits per heavy atom. The van der Waals surface area contributed by atoms with Crippen LogP contribution < -0.4 is 0 Å². The summed E-state index contributed by atoms with van der Waals surface area (Å²) in [5.74, 6) is 0.694. The van der Waals surface area contributed by atoms with Gasteiger partial charge in [-0.15, -0.1) is 0 Å². The smallest absolute Gasteiger partial charge is 0.160 e. The lowest BCUT2D eigenvalue weighted by Gasteiger charge is -2.30. The average molecular weight is 789 g/mol. The normalized spacial score (nSPS) is 14.3. The van der Waals surface area contributed by atoms with Crippen LogP contribution in [-0.4, -0.2) is 9.97 Å². The van der Waals surface area contributed by atoms with Gasteiger partial charge in [0.25, 0.3) is 0 Å². The lowest BCUT2D eigenvalue weighted by atomic mass is 9.72. The zero-order valence-corrected chi connectivity index (χ0v) is 34.3. The molecule has 1 aliphatic carbocycles. The highest BCUT2D eigenvalue weighted by molar-refractivity contribution is 6.20. The molecule has 2 heteroatoms. The molecule has 1 heterocycles. The molecule has 10 aromatic carbocycles. The fourth-order valence-corrected chi connectivity index (χ4v) is 10.1. The van der Waals surface area contributed by atoms with Crippen LogP contribution in [0.1, 0.15) is 23.6 Å². The van der Waals surface area contributed by atoms with Gasteiger partial charge in [-0.1, -0.05) is 212 Å². The van der Waals surface area contributed by atoms with E-state index in [9.17, 15) is 0 Å². The summed E-state index contributed by atoms with van der Waals surface area (Å²) in [6, 6.07) is 81.2. The molecule has 290 valence electrons. The first kappa shape index (κ1) is 36.0. The molecule has 0 N–H and O–H groups in total. The summed E-state index contributed by atoms with van der Waals surface area (Å²) in [5, 5.41) is 7.49. The molecule has 1 unspecified atom stereocenters. The van der Waals surface area contributed by atoms with E-state index in [2.05, 4.69) is 231 Å². The van der Waals surface area contributed by atoms with Crippen LogP contribution in [0.15, 0.2) is 224 Å².